The quantitative estimate of drug-likeness (QED) is 0.685. The van der Waals surface area contributed by atoms with Crippen LogP contribution in [0.3, 0.4) is 0 Å². The average Bonchev–Trinajstić information content (AvgIpc) is 2.67. The third kappa shape index (κ3) is 6.77. The highest BCUT2D eigenvalue weighted by atomic mass is 16.5. The number of hydrogen-bond donors (Lipinski definition) is 1. The summed E-state index contributed by atoms with van der Waals surface area (Å²) in [5, 5.41) is 8.88. The zero-order chi connectivity index (χ0) is 19.6. The van der Waals surface area contributed by atoms with Crippen LogP contribution in [0.2, 0.25) is 0 Å². The molecule has 144 valence electrons. The Kier molecular flexibility index (Phi) is 7.86. The standard InChI is InChI=1S/C22H27NO4/c1-17(19-10-12-20(27-2)13-11-19)15-21(24)23(14-6-9-22(25)26)16-18-7-4-3-5-8-18/h3-5,7-8,10-13,17H,6,9,14-16H2,1-2H3,(H,25,26). The molecule has 1 unspecified atom stereocenters. The summed E-state index contributed by atoms with van der Waals surface area (Å²) in [6, 6.07) is 17.5. The second-order valence-corrected chi connectivity index (χ2v) is 6.68. The van der Waals surface area contributed by atoms with Gasteiger partial charge in [-0.15, -0.1) is 0 Å². The van der Waals surface area contributed by atoms with E-state index >= 15 is 0 Å². The van der Waals surface area contributed by atoms with Crippen LogP contribution in [0.1, 0.15) is 43.2 Å². The monoisotopic (exact) mass is 369 g/mol. The fourth-order valence-electron chi connectivity index (χ4n) is 2.96. The lowest BCUT2D eigenvalue weighted by Gasteiger charge is -2.24. The normalized spacial score (nSPS) is 11.6. The molecule has 0 bridgehead atoms. The Morgan fingerprint density at radius 3 is 2.33 bits per heavy atom. The summed E-state index contributed by atoms with van der Waals surface area (Å²) in [7, 11) is 1.63. The number of nitrogens with zero attached hydrogens (tertiary/aromatic N) is 1. The maximum atomic E-state index is 12.9. The van der Waals surface area contributed by atoms with Crippen molar-refractivity contribution in [3.63, 3.8) is 0 Å². The highest BCUT2D eigenvalue weighted by molar-refractivity contribution is 5.77. The van der Waals surface area contributed by atoms with Crippen molar-refractivity contribution in [1.29, 1.82) is 0 Å². The first kappa shape index (κ1) is 20.5. The van der Waals surface area contributed by atoms with Gasteiger partial charge >= 0.3 is 5.97 Å². The van der Waals surface area contributed by atoms with Gasteiger partial charge in [-0.05, 0) is 35.6 Å². The Bertz CT molecular complexity index is 728. The van der Waals surface area contributed by atoms with E-state index in [1.165, 1.54) is 0 Å². The Morgan fingerprint density at radius 2 is 1.74 bits per heavy atom. The molecule has 0 aliphatic carbocycles. The molecule has 0 spiro atoms. The van der Waals surface area contributed by atoms with Gasteiger partial charge in [0.2, 0.25) is 5.91 Å². The van der Waals surface area contributed by atoms with Crippen LogP contribution in [0.4, 0.5) is 0 Å². The van der Waals surface area contributed by atoms with Crippen LogP contribution in [0.15, 0.2) is 54.6 Å². The van der Waals surface area contributed by atoms with Gasteiger partial charge in [0.05, 0.1) is 7.11 Å². The van der Waals surface area contributed by atoms with E-state index < -0.39 is 5.97 Å². The first-order chi connectivity index (χ1) is 13.0. The second-order valence-electron chi connectivity index (χ2n) is 6.68. The van der Waals surface area contributed by atoms with Crippen LogP contribution in [0, 0.1) is 0 Å². The minimum Gasteiger partial charge on any atom is -0.497 e. The summed E-state index contributed by atoms with van der Waals surface area (Å²) >= 11 is 0. The van der Waals surface area contributed by atoms with E-state index in [1.54, 1.807) is 12.0 Å². The molecule has 0 aliphatic rings. The molecule has 2 rings (SSSR count). The van der Waals surface area contributed by atoms with E-state index in [9.17, 15) is 9.59 Å². The van der Waals surface area contributed by atoms with Crippen molar-refractivity contribution in [2.45, 2.75) is 38.6 Å². The van der Waals surface area contributed by atoms with Crippen LogP contribution < -0.4 is 4.74 Å². The lowest BCUT2D eigenvalue weighted by Crippen LogP contribution is -2.32. The van der Waals surface area contributed by atoms with Gasteiger partial charge in [-0.25, -0.2) is 0 Å². The summed E-state index contributed by atoms with van der Waals surface area (Å²) < 4.78 is 5.18. The maximum Gasteiger partial charge on any atom is 0.303 e. The minimum atomic E-state index is -0.839. The third-order valence-electron chi connectivity index (χ3n) is 4.55. The fraction of sp³-hybridized carbons (Fsp3) is 0.364. The summed E-state index contributed by atoms with van der Waals surface area (Å²) in [5.41, 5.74) is 2.12. The molecule has 5 heteroatoms. The minimum absolute atomic E-state index is 0.0348. The number of carbonyl (C=O) groups excluding carboxylic acids is 1. The van der Waals surface area contributed by atoms with Crippen molar-refractivity contribution in [1.82, 2.24) is 4.90 Å². The number of rotatable bonds is 10. The van der Waals surface area contributed by atoms with Crippen molar-refractivity contribution >= 4 is 11.9 Å². The largest absolute Gasteiger partial charge is 0.497 e. The fourth-order valence-corrected chi connectivity index (χ4v) is 2.96. The number of carboxylic acid groups (broad SMARTS) is 1. The second kappa shape index (κ2) is 10.4. The summed E-state index contributed by atoms with van der Waals surface area (Å²) in [4.78, 5) is 25.5. The SMILES string of the molecule is COc1ccc(C(C)CC(=O)N(CCCC(=O)O)Cc2ccccc2)cc1. The molecule has 5 nitrogen and oxygen atoms in total. The number of amides is 1. The molecule has 0 fully saturated rings. The molecule has 0 aromatic heterocycles. The van der Waals surface area contributed by atoms with Crippen LogP contribution in [0.5, 0.6) is 5.75 Å². The van der Waals surface area contributed by atoms with E-state index in [0.717, 1.165) is 16.9 Å². The van der Waals surface area contributed by atoms with Crippen molar-refractivity contribution in [3.8, 4) is 5.75 Å². The highest BCUT2D eigenvalue weighted by Crippen LogP contribution is 2.23. The molecule has 1 N–H and O–H groups in total. The molecular formula is C22H27NO4. The molecule has 1 atom stereocenters. The summed E-state index contributed by atoms with van der Waals surface area (Å²) in [5.74, 6) is 0.0547. The maximum absolute atomic E-state index is 12.9. The number of ether oxygens (including phenoxy) is 1. The predicted molar refractivity (Wildman–Crippen MR) is 105 cm³/mol. The molecule has 2 aromatic rings. The van der Waals surface area contributed by atoms with Crippen LogP contribution in [-0.4, -0.2) is 35.5 Å². The molecule has 1 amide bonds. The molecular weight excluding hydrogens is 342 g/mol. The summed E-state index contributed by atoms with van der Waals surface area (Å²) in [6.07, 6.45) is 0.893. The van der Waals surface area contributed by atoms with Gasteiger partial charge < -0.3 is 14.7 Å². The van der Waals surface area contributed by atoms with Crippen molar-refractivity contribution in [2.24, 2.45) is 0 Å². The number of methoxy groups -OCH3 is 1. The first-order valence-electron chi connectivity index (χ1n) is 9.17. The van der Waals surface area contributed by atoms with Gasteiger partial charge in [-0.1, -0.05) is 49.4 Å². The number of hydrogen-bond acceptors (Lipinski definition) is 3. The van der Waals surface area contributed by atoms with Crippen LogP contribution >= 0.6 is 0 Å². The summed E-state index contributed by atoms with van der Waals surface area (Å²) in [6.45, 7) is 2.96. The Balaban J connectivity index is 2.02. The number of aliphatic carboxylic acids is 1. The van der Waals surface area contributed by atoms with Gasteiger partial charge in [0.25, 0.3) is 0 Å². The molecule has 0 saturated heterocycles. The van der Waals surface area contributed by atoms with E-state index in [1.807, 2.05) is 61.5 Å². The number of carbonyl (C=O) groups is 2. The average molecular weight is 369 g/mol. The van der Waals surface area contributed by atoms with Crippen LogP contribution in [0.25, 0.3) is 0 Å². The zero-order valence-electron chi connectivity index (χ0n) is 15.9. The number of benzene rings is 2. The molecule has 0 radical (unpaired) electrons. The first-order valence-corrected chi connectivity index (χ1v) is 9.17. The van der Waals surface area contributed by atoms with E-state index in [2.05, 4.69) is 0 Å². The van der Waals surface area contributed by atoms with Crippen LogP contribution in [-0.2, 0) is 16.1 Å². The topological polar surface area (TPSA) is 66.8 Å². The van der Waals surface area contributed by atoms with Gasteiger partial charge in [-0.3, -0.25) is 9.59 Å². The lowest BCUT2D eigenvalue weighted by molar-refractivity contribution is -0.138. The molecule has 0 aliphatic heterocycles. The van der Waals surface area contributed by atoms with Gasteiger partial charge in [0.15, 0.2) is 0 Å². The van der Waals surface area contributed by atoms with E-state index in [0.29, 0.717) is 25.9 Å². The van der Waals surface area contributed by atoms with E-state index in [4.69, 9.17) is 9.84 Å². The highest BCUT2D eigenvalue weighted by Gasteiger charge is 2.18. The third-order valence-corrected chi connectivity index (χ3v) is 4.55. The van der Waals surface area contributed by atoms with Gasteiger partial charge in [0.1, 0.15) is 5.75 Å². The molecule has 0 heterocycles. The van der Waals surface area contributed by atoms with Crippen molar-refractivity contribution in [3.05, 3.63) is 65.7 Å². The zero-order valence-corrected chi connectivity index (χ0v) is 15.9. The van der Waals surface area contributed by atoms with E-state index in [-0.39, 0.29) is 18.2 Å². The van der Waals surface area contributed by atoms with Crippen molar-refractivity contribution < 1.29 is 19.4 Å². The van der Waals surface area contributed by atoms with Crippen molar-refractivity contribution in [2.75, 3.05) is 13.7 Å². The lowest BCUT2D eigenvalue weighted by atomic mass is 9.97. The molecule has 27 heavy (non-hydrogen) atoms. The smallest absolute Gasteiger partial charge is 0.303 e. The Labute approximate surface area is 160 Å². The van der Waals surface area contributed by atoms with Gasteiger partial charge in [0, 0.05) is 25.9 Å². The van der Waals surface area contributed by atoms with Gasteiger partial charge in [-0.2, -0.15) is 0 Å². The Hall–Kier alpha value is -2.82. The molecule has 0 saturated carbocycles. The molecule has 2 aromatic carbocycles. The predicted octanol–water partition coefficient (Wildman–Crippen LogP) is 4.08. The number of carboxylic acids is 1. The Morgan fingerprint density at radius 1 is 1.07 bits per heavy atom.